The Balaban J connectivity index is 1.63. The highest BCUT2D eigenvalue weighted by molar-refractivity contribution is 5.92. The molecule has 1 saturated heterocycles. The molecule has 5 nitrogen and oxygen atoms in total. The SMILES string of the molecule is CC1=NCC(C(=O)N2CCC(C#N)(Cc3ccc(F)cc3)CC2)OC1(C)C. The van der Waals surface area contributed by atoms with E-state index in [-0.39, 0.29) is 11.7 Å². The Morgan fingerprint density at radius 2 is 1.96 bits per heavy atom. The minimum absolute atomic E-state index is 0.0485. The monoisotopic (exact) mass is 371 g/mol. The fourth-order valence-electron chi connectivity index (χ4n) is 3.70. The number of carbonyl (C=O) groups excluding carboxylic acids is 1. The number of aliphatic imine (C=N–C) groups is 1. The third-order valence-corrected chi connectivity index (χ3v) is 5.80. The van der Waals surface area contributed by atoms with E-state index >= 15 is 0 Å². The Labute approximate surface area is 159 Å². The van der Waals surface area contributed by atoms with Gasteiger partial charge in [0.05, 0.1) is 18.0 Å². The van der Waals surface area contributed by atoms with Gasteiger partial charge in [-0.3, -0.25) is 9.79 Å². The van der Waals surface area contributed by atoms with E-state index in [9.17, 15) is 14.4 Å². The van der Waals surface area contributed by atoms with Crippen molar-refractivity contribution in [1.29, 1.82) is 5.26 Å². The van der Waals surface area contributed by atoms with Crippen molar-refractivity contribution >= 4 is 11.6 Å². The number of nitriles is 1. The first-order valence-electron chi connectivity index (χ1n) is 9.38. The Kier molecular flexibility index (Phi) is 5.34. The number of rotatable bonds is 3. The molecule has 2 aliphatic rings. The number of benzene rings is 1. The molecule has 1 fully saturated rings. The predicted molar refractivity (Wildman–Crippen MR) is 101 cm³/mol. The second kappa shape index (κ2) is 7.40. The molecule has 0 saturated carbocycles. The highest BCUT2D eigenvalue weighted by atomic mass is 19.1. The second-order valence-corrected chi connectivity index (χ2v) is 8.06. The van der Waals surface area contributed by atoms with Crippen LogP contribution in [0.4, 0.5) is 4.39 Å². The number of hydrogen-bond acceptors (Lipinski definition) is 4. The molecule has 144 valence electrons. The molecule has 6 heteroatoms. The van der Waals surface area contributed by atoms with Gasteiger partial charge in [-0.2, -0.15) is 5.26 Å². The van der Waals surface area contributed by atoms with Gasteiger partial charge < -0.3 is 9.64 Å². The normalized spacial score (nSPS) is 24.0. The molecule has 1 aromatic rings. The summed E-state index contributed by atoms with van der Waals surface area (Å²) in [6.07, 6.45) is 1.22. The zero-order chi connectivity index (χ0) is 19.7. The van der Waals surface area contributed by atoms with E-state index in [1.54, 1.807) is 17.0 Å². The second-order valence-electron chi connectivity index (χ2n) is 8.06. The molecule has 1 amide bonds. The molecule has 27 heavy (non-hydrogen) atoms. The molecular formula is C21H26FN3O2. The highest BCUT2D eigenvalue weighted by Gasteiger charge is 2.40. The minimum Gasteiger partial charge on any atom is -0.355 e. The number of nitrogens with zero attached hydrogens (tertiary/aromatic N) is 3. The van der Waals surface area contributed by atoms with Gasteiger partial charge in [-0.25, -0.2) is 4.39 Å². The minimum atomic E-state index is -0.560. The van der Waals surface area contributed by atoms with Crippen molar-refractivity contribution in [3.05, 3.63) is 35.6 Å². The van der Waals surface area contributed by atoms with Gasteiger partial charge in [0.15, 0.2) is 6.10 Å². The zero-order valence-corrected chi connectivity index (χ0v) is 16.2. The number of carbonyl (C=O) groups is 1. The van der Waals surface area contributed by atoms with E-state index in [0.29, 0.717) is 38.9 Å². The lowest BCUT2D eigenvalue weighted by atomic mass is 9.75. The van der Waals surface area contributed by atoms with Crippen molar-refractivity contribution in [1.82, 2.24) is 4.90 Å². The quantitative estimate of drug-likeness (QED) is 0.820. The van der Waals surface area contributed by atoms with Crippen LogP contribution in [0.1, 0.15) is 39.2 Å². The molecule has 0 spiro atoms. The number of halogens is 1. The lowest BCUT2D eigenvalue weighted by Crippen LogP contribution is -2.53. The third-order valence-electron chi connectivity index (χ3n) is 5.80. The first-order chi connectivity index (χ1) is 12.7. The van der Waals surface area contributed by atoms with Gasteiger partial charge in [-0.05, 0) is 57.7 Å². The molecule has 2 heterocycles. The summed E-state index contributed by atoms with van der Waals surface area (Å²) in [5.41, 5.74) is 0.788. The van der Waals surface area contributed by atoms with E-state index in [0.717, 1.165) is 11.3 Å². The average molecular weight is 371 g/mol. The number of ether oxygens (including phenoxy) is 1. The van der Waals surface area contributed by atoms with E-state index in [2.05, 4.69) is 11.1 Å². The molecule has 1 aromatic carbocycles. The van der Waals surface area contributed by atoms with Crippen molar-refractivity contribution < 1.29 is 13.9 Å². The lowest BCUT2D eigenvalue weighted by molar-refractivity contribution is -0.151. The zero-order valence-electron chi connectivity index (χ0n) is 16.2. The molecular weight excluding hydrogens is 345 g/mol. The van der Waals surface area contributed by atoms with E-state index < -0.39 is 17.1 Å². The van der Waals surface area contributed by atoms with Crippen LogP contribution in [0.15, 0.2) is 29.3 Å². The number of likely N-dealkylation sites (tertiary alicyclic amines) is 1. The standard InChI is InChI=1S/C21H26FN3O2/c1-15-20(2,3)27-18(13-24-15)19(26)25-10-8-21(14-23,9-11-25)12-16-4-6-17(22)7-5-16/h4-7,18H,8-13H2,1-3H3. The van der Waals surface area contributed by atoms with Gasteiger partial charge in [0, 0.05) is 18.8 Å². The number of amides is 1. The fraction of sp³-hybridized carbons (Fsp3) is 0.571. The Hall–Kier alpha value is -2.26. The lowest BCUT2D eigenvalue weighted by Gasteiger charge is -2.40. The summed E-state index contributed by atoms with van der Waals surface area (Å²) in [4.78, 5) is 19.1. The maximum Gasteiger partial charge on any atom is 0.253 e. The van der Waals surface area contributed by atoms with Crippen molar-refractivity contribution in [2.24, 2.45) is 10.4 Å². The van der Waals surface area contributed by atoms with Crippen LogP contribution in [0.25, 0.3) is 0 Å². The Morgan fingerprint density at radius 1 is 1.33 bits per heavy atom. The van der Waals surface area contributed by atoms with Gasteiger partial charge in [0.2, 0.25) is 0 Å². The van der Waals surface area contributed by atoms with Gasteiger partial charge in [0.1, 0.15) is 11.4 Å². The number of piperidine rings is 1. The molecule has 2 aliphatic heterocycles. The van der Waals surface area contributed by atoms with Crippen LogP contribution in [0.5, 0.6) is 0 Å². The highest BCUT2D eigenvalue weighted by Crippen LogP contribution is 2.35. The molecule has 1 unspecified atom stereocenters. The molecule has 3 rings (SSSR count). The third kappa shape index (κ3) is 4.19. The summed E-state index contributed by atoms with van der Waals surface area (Å²) >= 11 is 0. The molecule has 0 radical (unpaired) electrons. The fourth-order valence-corrected chi connectivity index (χ4v) is 3.70. The van der Waals surface area contributed by atoms with Crippen LogP contribution < -0.4 is 0 Å². The molecule has 0 N–H and O–H groups in total. The predicted octanol–water partition coefficient (Wildman–Crippen LogP) is 3.14. The van der Waals surface area contributed by atoms with Gasteiger partial charge in [0.25, 0.3) is 5.91 Å². The van der Waals surface area contributed by atoms with E-state index in [1.165, 1.54) is 12.1 Å². The summed E-state index contributed by atoms with van der Waals surface area (Å²) < 4.78 is 19.1. The van der Waals surface area contributed by atoms with E-state index in [4.69, 9.17) is 4.74 Å². The Bertz CT molecular complexity index is 772. The first-order valence-corrected chi connectivity index (χ1v) is 9.38. The van der Waals surface area contributed by atoms with Crippen LogP contribution in [0.3, 0.4) is 0 Å². The van der Waals surface area contributed by atoms with Crippen LogP contribution in [0, 0.1) is 22.6 Å². The van der Waals surface area contributed by atoms with Gasteiger partial charge in [-0.15, -0.1) is 0 Å². The van der Waals surface area contributed by atoms with Crippen LogP contribution in [-0.2, 0) is 16.0 Å². The molecule has 0 bridgehead atoms. The number of hydrogen-bond donors (Lipinski definition) is 0. The van der Waals surface area contributed by atoms with Crippen LogP contribution in [-0.4, -0.2) is 47.9 Å². The summed E-state index contributed by atoms with van der Waals surface area (Å²) in [7, 11) is 0. The molecule has 0 aliphatic carbocycles. The largest absolute Gasteiger partial charge is 0.355 e. The average Bonchev–Trinajstić information content (AvgIpc) is 2.66. The first kappa shape index (κ1) is 19.5. The smallest absolute Gasteiger partial charge is 0.253 e. The van der Waals surface area contributed by atoms with E-state index in [1.807, 2.05) is 20.8 Å². The van der Waals surface area contributed by atoms with Gasteiger partial charge >= 0.3 is 0 Å². The maximum atomic E-state index is 13.1. The van der Waals surface area contributed by atoms with Gasteiger partial charge in [-0.1, -0.05) is 12.1 Å². The topological polar surface area (TPSA) is 65.7 Å². The summed E-state index contributed by atoms with van der Waals surface area (Å²) in [5, 5.41) is 9.76. The summed E-state index contributed by atoms with van der Waals surface area (Å²) in [6.45, 7) is 7.16. The van der Waals surface area contributed by atoms with Crippen molar-refractivity contribution in [3.8, 4) is 6.07 Å². The summed E-state index contributed by atoms with van der Waals surface area (Å²) in [5.74, 6) is -0.328. The van der Waals surface area contributed by atoms with Crippen LogP contribution in [0.2, 0.25) is 0 Å². The van der Waals surface area contributed by atoms with Crippen molar-refractivity contribution in [3.63, 3.8) is 0 Å². The van der Waals surface area contributed by atoms with Crippen LogP contribution >= 0.6 is 0 Å². The molecule has 1 atom stereocenters. The Morgan fingerprint density at radius 3 is 2.52 bits per heavy atom. The van der Waals surface area contributed by atoms with Crippen molar-refractivity contribution in [2.45, 2.75) is 51.7 Å². The van der Waals surface area contributed by atoms with Crippen molar-refractivity contribution in [2.75, 3.05) is 19.6 Å². The molecule has 0 aromatic heterocycles. The summed E-state index contributed by atoms with van der Waals surface area (Å²) in [6, 6.07) is 8.75. The maximum absolute atomic E-state index is 13.1.